The average molecular weight is 476 g/mol. The van der Waals surface area contributed by atoms with Crippen molar-refractivity contribution in [2.75, 3.05) is 24.3 Å². The summed E-state index contributed by atoms with van der Waals surface area (Å²) in [5.74, 6) is 0.349. The zero-order valence-corrected chi connectivity index (χ0v) is 19.3. The minimum absolute atomic E-state index is 0.0219. The highest BCUT2D eigenvalue weighted by molar-refractivity contribution is 5.94. The Kier molecular flexibility index (Phi) is 7.31. The van der Waals surface area contributed by atoms with Crippen LogP contribution in [0.4, 0.5) is 11.5 Å². The van der Waals surface area contributed by atoms with Crippen LogP contribution in [0.1, 0.15) is 35.1 Å². The molecule has 12 heteroatoms. The standard InChI is InChI=1S/C23H25N9O3/c1-3-12-34-18-11-7-8-16(13-18)14-25-27-23(33)20-19(15-31(2)17-9-5-4-6-10-17)32(30-26-20)22-21(24)28-35-29-22/h4-11,13-14H,3,12,15H2,1-2H3,(H2,24,28)(H,27,33)/b25-14+. The topological polar surface area (TPSA) is 150 Å². The Bertz CT molecular complexity index is 1300. The van der Waals surface area contributed by atoms with Gasteiger partial charge in [-0.2, -0.15) is 9.78 Å². The van der Waals surface area contributed by atoms with Gasteiger partial charge in [-0.05, 0) is 46.6 Å². The SMILES string of the molecule is CCCOc1cccc(/C=N/NC(=O)c2nnn(-c3nonc3N)c2CN(C)c2ccccc2)c1. The smallest absolute Gasteiger partial charge is 0.293 e. The Morgan fingerprint density at radius 1 is 1.23 bits per heavy atom. The number of nitrogen functional groups attached to an aromatic ring is 1. The van der Waals surface area contributed by atoms with Gasteiger partial charge in [-0.25, -0.2) is 10.1 Å². The molecule has 0 atom stereocenters. The summed E-state index contributed by atoms with van der Waals surface area (Å²) in [6.07, 6.45) is 2.43. The Hall–Kier alpha value is -4.74. The number of para-hydroxylation sites is 1. The molecule has 0 bridgehead atoms. The second-order valence-electron chi connectivity index (χ2n) is 7.58. The van der Waals surface area contributed by atoms with Gasteiger partial charge in [-0.1, -0.05) is 42.5 Å². The quantitative estimate of drug-likeness (QED) is 0.260. The lowest BCUT2D eigenvalue weighted by Crippen LogP contribution is -2.24. The molecule has 4 aromatic rings. The lowest BCUT2D eigenvalue weighted by molar-refractivity contribution is 0.0949. The first kappa shape index (κ1) is 23.4. The van der Waals surface area contributed by atoms with Gasteiger partial charge >= 0.3 is 0 Å². The van der Waals surface area contributed by atoms with Crippen LogP contribution in [0, 0.1) is 0 Å². The van der Waals surface area contributed by atoms with Crippen molar-refractivity contribution in [2.24, 2.45) is 5.10 Å². The number of hydrogen-bond donors (Lipinski definition) is 2. The number of carbonyl (C=O) groups excluding carboxylic acids is 1. The molecule has 2 aromatic heterocycles. The average Bonchev–Trinajstić information content (AvgIpc) is 3.49. The molecule has 35 heavy (non-hydrogen) atoms. The van der Waals surface area contributed by atoms with E-state index >= 15 is 0 Å². The van der Waals surface area contributed by atoms with Gasteiger partial charge in [0.1, 0.15) is 5.75 Å². The van der Waals surface area contributed by atoms with Gasteiger partial charge in [0, 0.05) is 12.7 Å². The van der Waals surface area contributed by atoms with Crippen molar-refractivity contribution in [2.45, 2.75) is 19.9 Å². The summed E-state index contributed by atoms with van der Waals surface area (Å²) in [6.45, 7) is 2.93. The van der Waals surface area contributed by atoms with Gasteiger partial charge in [-0.15, -0.1) is 5.10 Å². The van der Waals surface area contributed by atoms with Crippen molar-refractivity contribution in [3.8, 4) is 11.6 Å². The van der Waals surface area contributed by atoms with E-state index in [-0.39, 0.29) is 23.9 Å². The molecule has 0 radical (unpaired) electrons. The van der Waals surface area contributed by atoms with E-state index in [1.165, 1.54) is 10.9 Å². The molecule has 0 aliphatic heterocycles. The highest BCUT2D eigenvalue weighted by Gasteiger charge is 2.25. The van der Waals surface area contributed by atoms with Gasteiger partial charge in [0.25, 0.3) is 5.91 Å². The summed E-state index contributed by atoms with van der Waals surface area (Å²) in [5.41, 5.74) is 10.6. The molecule has 0 saturated carbocycles. The predicted octanol–water partition coefficient (Wildman–Crippen LogP) is 2.42. The number of amides is 1. The number of hydrazone groups is 1. The molecule has 4 rings (SSSR count). The van der Waals surface area contributed by atoms with E-state index in [4.69, 9.17) is 15.1 Å². The maximum absolute atomic E-state index is 13.0. The fourth-order valence-electron chi connectivity index (χ4n) is 3.25. The normalized spacial score (nSPS) is 11.0. The maximum atomic E-state index is 13.0. The maximum Gasteiger partial charge on any atom is 0.293 e. The Balaban J connectivity index is 1.55. The zero-order chi connectivity index (χ0) is 24.6. The summed E-state index contributed by atoms with van der Waals surface area (Å²) in [6, 6.07) is 17.1. The van der Waals surface area contributed by atoms with Crippen molar-refractivity contribution >= 4 is 23.6 Å². The van der Waals surface area contributed by atoms with Crippen LogP contribution in [0.15, 0.2) is 64.3 Å². The Morgan fingerprint density at radius 3 is 2.80 bits per heavy atom. The number of aromatic nitrogens is 5. The molecule has 0 aliphatic rings. The Morgan fingerprint density at radius 2 is 2.06 bits per heavy atom. The van der Waals surface area contributed by atoms with E-state index in [1.54, 1.807) is 0 Å². The van der Waals surface area contributed by atoms with Crippen molar-refractivity contribution in [1.82, 2.24) is 30.7 Å². The lowest BCUT2D eigenvalue weighted by Gasteiger charge is -2.19. The van der Waals surface area contributed by atoms with Gasteiger partial charge in [0.15, 0.2) is 5.69 Å². The number of rotatable bonds is 10. The number of nitrogens with zero attached hydrogens (tertiary/aromatic N) is 7. The number of nitrogens with two attached hydrogens (primary N) is 1. The highest BCUT2D eigenvalue weighted by atomic mass is 16.6. The molecule has 0 saturated heterocycles. The second-order valence-corrected chi connectivity index (χ2v) is 7.58. The fraction of sp³-hybridized carbons (Fsp3) is 0.217. The van der Waals surface area contributed by atoms with Crippen molar-refractivity contribution in [3.05, 3.63) is 71.5 Å². The molecule has 12 nitrogen and oxygen atoms in total. The molecule has 3 N–H and O–H groups in total. The van der Waals surface area contributed by atoms with E-state index < -0.39 is 5.91 Å². The van der Waals surface area contributed by atoms with Crippen LogP contribution < -0.4 is 20.8 Å². The fourth-order valence-corrected chi connectivity index (χ4v) is 3.25. The third-order valence-corrected chi connectivity index (χ3v) is 4.97. The minimum atomic E-state index is -0.544. The molecule has 180 valence electrons. The van der Waals surface area contributed by atoms with Crippen LogP contribution in [0.5, 0.6) is 5.75 Å². The minimum Gasteiger partial charge on any atom is -0.494 e. The van der Waals surface area contributed by atoms with Crippen LogP contribution >= 0.6 is 0 Å². The van der Waals surface area contributed by atoms with E-state index in [2.05, 4.69) is 31.2 Å². The first-order valence-electron chi connectivity index (χ1n) is 10.9. The van der Waals surface area contributed by atoms with Crippen LogP contribution in [0.3, 0.4) is 0 Å². The van der Waals surface area contributed by atoms with E-state index in [1.807, 2.05) is 73.5 Å². The molecule has 2 aromatic carbocycles. The summed E-state index contributed by atoms with van der Waals surface area (Å²) in [7, 11) is 1.88. The predicted molar refractivity (Wildman–Crippen MR) is 129 cm³/mol. The zero-order valence-electron chi connectivity index (χ0n) is 19.3. The number of nitrogens with one attached hydrogen (secondary N) is 1. The third kappa shape index (κ3) is 5.61. The first-order valence-corrected chi connectivity index (χ1v) is 10.9. The number of benzene rings is 2. The second kappa shape index (κ2) is 10.9. The molecular weight excluding hydrogens is 450 g/mol. The number of ether oxygens (including phenoxy) is 1. The van der Waals surface area contributed by atoms with Gasteiger partial charge < -0.3 is 15.4 Å². The number of hydrogen-bond acceptors (Lipinski definition) is 10. The van der Waals surface area contributed by atoms with Crippen molar-refractivity contribution in [1.29, 1.82) is 0 Å². The molecule has 0 spiro atoms. The summed E-state index contributed by atoms with van der Waals surface area (Å²) >= 11 is 0. The first-order chi connectivity index (χ1) is 17.1. The van der Waals surface area contributed by atoms with E-state index in [0.29, 0.717) is 12.3 Å². The summed E-state index contributed by atoms with van der Waals surface area (Å²) in [5, 5.41) is 19.6. The van der Waals surface area contributed by atoms with Crippen LogP contribution in [0.25, 0.3) is 5.82 Å². The van der Waals surface area contributed by atoms with Crippen LogP contribution in [-0.4, -0.2) is 51.1 Å². The van der Waals surface area contributed by atoms with Crippen LogP contribution in [0.2, 0.25) is 0 Å². The largest absolute Gasteiger partial charge is 0.494 e. The molecular formula is C23H25N9O3. The molecule has 0 fully saturated rings. The Labute approximate surface area is 201 Å². The van der Waals surface area contributed by atoms with Crippen molar-refractivity contribution < 1.29 is 14.2 Å². The monoisotopic (exact) mass is 475 g/mol. The van der Waals surface area contributed by atoms with E-state index in [0.717, 1.165) is 23.4 Å². The molecule has 1 amide bonds. The molecule has 2 heterocycles. The van der Waals surface area contributed by atoms with Gasteiger partial charge in [0.2, 0.25) is 11.6 Å². The molecule has 0 unspecified atom stereocenters. The third-order valence-electron chi connectivity index (χ3n) is 4.97. The summed E-state index contributed by atoms with van der Waals surface area (Å²) in [4.78, 5) is 14.9. The molecule has 0 aliphatic carbocycles. The summed E-state index contributed by atoms with van der Waals surface area (Å²) < 4.78 is 11.7. The highest BCUT2D eigenvalue weighted by Crippen LogP contribution is 2.20. The number of anilines is 2. The van der Waals surface area contributed by atoms with Gasteiger partial charge in [0.05, 0.1) is 25.1 Å². The van der Waals surface area contributed by atoms with Crippen molar-refractivity contribution in [3.63, 3.8) is 0 Å². The number of carbonyl (C=O) groups is 1. The lowest BCUT2D eigenvalue weighted by atomic mass is 10.2. The van der Waals surface area contributed by atoms with E-state index in [9.17, 15) is 4.79 Å². The van der Waals surface area contributed by atoms with Gasteiger partial charge in [-0.3, -0.25) is 4.79 Å². The van der Waals surface area contributed by atoms with Crippen LogP contribution in [-0.2, 0) is 6.54 Å².